The summed E-state index contributed by atoms with van der Waals surface area (Å²) in [6.07, 6.45) is 10.4. The smallest absolute Gasteiger partial charge is 0.338 e. The zero-order chi connectivity index (χ0) is 90.1. The predicted octanol–water partition coefficient (Wildman–Crippen LogP) is 18.7. The third kappa shape index (κ3) is 37.0. The molecule has 7 aromatic rings. The van der Waals surface area contributed by atoms with Gasteiger partial charge in [0.05, 0.1) is 69.6 Å². The Balaban J connectivity index is 0.000000274. The number of rotatable bonds is 48. The van der Waals surface area contributed by atoms with Crippen molar-refractivity contribution in [3.63, 3.8) is 0 Å². The maximum atomic E-state index is 13.7. The molecule has 24 nitrogen and oxygen atoms in total. The molecule has 2 saturated heterocycles. The van der Waals surface area contributed by atoms with E-state index in [4.69, 9.17) is 94.7 Å². The van der Waals surface area contributed by atoms with Gasteiger partial charge >= 0.3 is 210 Å². The zero-order valence-electron chi connectivity index (χ0n) is 75.1. The van der Waals surface area contributed by atoms with Crippen molar-refractivity contribution in [3.05, 3.63) is 239 Å². The first-order valence-electron chi connectivity index (χ1n) is 41.5. The van der Waals surface area contributed by atoms with E-state index in [-0.39, 0.29) is 96.4 Å². The van der Waals surface area contributed by atoms with Crippen LogP contribution < -0.4 is 32.9 Å². The zero-order valence-corrected chi connectivity index (χ0v) is 80.9. The van der Waals surface area contributed by atoms with Gasteiger partial charge in [-0.05, 0) is 157 Å². The number of esters is 4. The van der Waals surface area contributed by atoms with Crippen molar-refractivity contribution in [3.8, 4) is 34.5 Å². The van der Waals surface area contributed by atoms with Gasteiger partial charge in [-0.1, -0.05) is 127 Å². The molecule has 2 heterocycles. The average Bonchev–Trinajstić information content (AvgIpc) is 1.66. The van der Waals surface area contributed by atoms with Crippen LogP contribution in [0.2, 0.25) is 51.4 Å². The molecular weight excluding hydrogens is 1800 g/mol. The Morgan fingerprint density at radius 3 is 1.32 bits per heavy atom. The molecule has 8 atom stereocenters. The van der Waals surface area contributed by atoms with Gasteiger partial charge in [-0.15, -0.1) is 0 Å². The van der Waals surface area contributed by atoms with E-state index in [1.54, 1.807) is 82.0 Å². The topological polar surface area (TPSA) is 253 Å². The predicted molar refractivity (Wildman–Crippen MR) is 493 cm³/mol. The first-order valence-corrected chi connectivity index (χ1v) is 52.5. The summed E-state index contributed by atoms with van der Waals surface area (Å²) in [5.74, 6) is -0.249. The fourth-order valence-corrected chi connectivity index (χ4v) is 16.5. The van der Waals surface area contributed by atoms with Crippen LogP contribution in [0.5, 0.6) is 34.5 Å². The van der Waals surface area contributed by atoms with E-state index in [1.807, 2.05) is 169 Å². The number of alkyl halides is 1. The van der Waals surface area contributed by atoms with Gasteiger partial charge < -0.3 is 71.1 Å². The van der Waals surface area contributed by atoms with Gasteiger partial charge in [-0.3, -0.25) is 0 Å². The summed E-state index contributed by atoms with van der Waals surface area (Å²) in [6.45, 7) is 26.5. The minimum Gasteiger partial charge on any atom is -0.497 e. The minimum atomic E-state index is -1.47. The number of halogens is 1. The molecule has 676 valence electrons. The first-order chi connectivity index (χ1) is 59.4. The molecule has 0 amide bonds. The molecule has 0 saturated carbocycles. The largest absolute Gasteiger partial charge is 0.497 e. The number of hydrogen-bond donors (Lipinski definition) is 0. The van der Waals surface area contributed by atoms with Crippen LogP contribution in [-0.4, -0.2) is 203 Å². The van der Waals surface area contributed by atoms with E-state index in [0.717, 1.165) is 51.1 Å². The molecule has 2 aliphatic heterocycles. The van der Waals surface area contributed by atoms with Crippen LogP contribution in [-0.2, 0) is 84.8 Å². The van der Waals surface area contributed by atoms with Crippen molar-refractivity contribution in [1.29, 1.82) is 0 Å². The molecule has 2 fully saturated rings. The monoisotopic (exact) mass is 1930 g/mol. The van der Waals surface area contributed by atoms with Crippen LogP contribution in [0.3, 0.4) is 0 Å². The van der Waals surface area contributed by atoms with E-state index < -0.39 is 64.1 Å². The van der Waals surface area contributed by atoms with Gasteiger partial charge in [0.1, 0.15) is 53.0 Å². The molecule has 0 aliphatic carbocycles. The molecule has 8 unspecified atom stereocenters. The molecule has 124 heavy (non-hydrogen) atoms. The molecular formula is C96H127IO24SeSi2. The Labute approximate surface area is 755 Å². The molecule has 0 bridgehead atoms. The Morgan fingerprint density at radius 2 is 0.887 bits per heavy atom. The van der Waals surface area contributed by atoms with E-state index in [9.17, 15) is 19.2 Å². The van der Waals surface area contributed by atoms with Crippen LogP contribution >= 0.6 is 22.6 Å². The normalized spacial score (nSPS) is 17.0. The SMILES string of the molecule is COCOc1cc(/C=C/CC2OC(C)(C)OC2C(/C=C\CC(C)OCc2ccc(OC)cc2)OC(=O)c2ccccc2)c(C(=O)OCC[Si](C)(C)C)c(OCOC)c1.COCOc1cc(C[Se]c2ccccc2)c(C(=O)OCC[Si](C)(C)C)c(OCOC)c1.COc1ccc(COC(C)C/C=C\C(OC(=O)c2ccccc2)C2OC(C)(C)OC2CCI)cc1. The van der Waals surface area contributed by atoms with Crippen molar-refractivity contribution >= 4 is 88.1 Å². The number of benzene rings is 7. The second-order valence-corrected chi connectivity index (χ2v) is 47.2. The second-order valence-electron chi connectivity index (χ2n) is 32.7. The van der Waals surface area contributed by atoms with Gasteiger partial charge in [0.25, 0.3) is 0 Å². The van der Waals surface area contributed by atoms with Crippen molar-refractivity contribution < 1.29 is 114 Å². The third-order valence-corrected chi connectivity index (χ3v) is 25.2. The Kier molecular flexibility index (Phi) is 44.2. The molecule has 9 rings (SSSR count). The summed E-state index contributed by atoms with van der Waals surface area (Å²) in [4.78, 5) is 53.1. The van der Waals surface area contributed by atoms with Crippen molar-refractivity contribution in [2.75, 3.05) is 87.5 Å². The van der Waals surface area contributed by atoms with Crippen LogP contribution in [0.4, 0.5) is 0 Å². The summed E-state index contributed by atoms with van der Waals surface area (Å²) < 4.78 is 117. The molecule has 0 spiro atoms. The number of carbonyl (C=O) groups excluding carboxylic acids is 4. The van der Waals surface area contributed by atoms with E-state index >= 15 is 0 Å². The standard InChI is InChI=1S/C45H60O12Si.C28H35IO6.C23H32O6SeSi/c1-32(52-29-33-21-23-36(50-6)24-22-33)15-13-19-38(55-43(46)34-16-11-10-12-17-34)42-39(56-45(2,3)57-42)20-14-18-35-27-37(53-30-48-4)28-40(54-31-49-5)41(35)44(47)51-25-26-58(7,8)9;1-20(32-19-21-13-15-23(31-4)16-14-21)9-8-12-24(33-27(30)22-10-6-5-7-11-22)26-25(17-18-29)34-28(2,3)35-26;1-25-16-28-19-13-18(15-30-20-9-7-6-8-10-20)22(21(14-19)29-17-26-2)23(24)27-11-12-31(3,4)5/h10-14,16-19,21-24,27-28,32,38-39,42H,15,20,25-26,29-31H2,1-9H3;5-8,10-16,20,24-26H,9,17-19H2,1-4H3;6-10,13-14H,11-12,15-17H2,1-5H3/b18-14+,19-13-;12-8-;. The van der Waals surface area contributed by atoms with Gasteiger partial charge in [0.2, 0.25) is 0 Å². The Morgan fingerprint density at radius 1 is 0.476 bits per heavy atom. The van der Waals surface area contributed by atoms with E-state index in [0.29, 0.717) is 83.9 Å². The quantitative estimate of drug-likeness (QED) is 0.00653. The van der Waals surface area contributed by atoms with Gasteiger partial charge in [0.15, 0.2) is 25.2 Å². The fourth-order valence-electron chi connectivity index (χ4n) is 12.5. The van der Waals surface area contributed by atoms with Crippen molar-refractivity contribution in [2.24, 2.45) is 0 Å². The van der Waals surface area contributed by atoms with Gasteiger partial charge in [0, 0.05) is 32.8 Å². The summed E-state index contributed by atoms with van der Waals surface area (Å²) in [6, 6.07) is 52.2. The summed E-state index contributed by atoms with van der Waals surface area (Å²) >= 11 is 2.46. The number of hydrogen-bond acceptors (Lipinski definition) is 24. The molecule has 2 aliphatic rings. The molecule has 0 N–H and O–H groups in total. The maximum Gasteiger partial charge on any atom is 0.338 e. The van der Waals surface area contributed by atoms with Gasteiger partial charge in [-0.25, -0.2) is 14.4 Å². The van der Waals surface area contributed by atoms with Crippen LogP contribution in [0, 0.1) is 0 Å². The van der Waals surface area contributed by atoms with E-state index in [2.05, 4.69) is 74.0 Å². The average molecular weight is 1930 g/mol. The van der Waals surface area contributed by atoms with Crippen LogP contribution in [0.15, 0.2) is 194 Å². The maximum absolute atomic E-state index is 13.7. The van der Waals surface area contributed by atoms with Crippen LogP contribution in [0.25, 0.3) is 6.08 Å². The Bertz CT molecular complexity index is 4410. The van der Waals surface area contributed by atoms with Crippen LogP contribution in [0.1, 0.15) is 131 Å². The minimum absolute atomic E-state index is 0.0128. The fraction of sp³-hybridized carbons (Fsp3) is 0.458. The Hall–Kier alpha value is -8.28. The molecule has 0 radical (unpaired) electrons. The second kappa shape index (κ2) is 53.4. The third-order valence-electron chi connectivity index (χ3n) is 19.0. The van der Waals surface area contributed by atoms with Crippen molar-refractivity contribution in [1.82, 2.24) is 0 Å². The molecule has 28 heteroatoms. The number of ether oxygens (including phenoxy) is 20. The summed E-state index contributed by atoms with van der Waals surface area (Å²) in [5.41, 5.74) is 5.04. The molecule has 7 aromatic carbocycles. The first kappa shape index (κ1) is 103. The van der Waals surface area contributed by atoms with Gasteiger partial charge in [-0.2, -0.15) is 0 Å². The number of carbonyl (C=O) groups is 4. The summed E-state index contributed by atoms with van der Waals surface area (Å²) in [5, 5.41) is 0.697. The summed E-state index contributed by atoms with van der Waals surface area (Å²) in [7, 11) is 6.62. The van der Waals surface area contributed by atoms with Crippen molar-refractivity contribution in [2.45, 2.75) is 198 Å². The molecule has 0 aromatic heterocycles. The number of methoxy groups -OCH3 is 6. The van der Waals surface area contributed by atoms with E-state index in [1.165, 1.54) is 25.8 Å².